The van der Waals surface area contributed by atoms with Crippen LogP contribution in [0.5, 0.6) is 0 Å². The molecule has 1 aliphatic heterocycles. The highest BCUT2D eigenvalue weighted by Crippen LogP contribution is 2.20. The average molecular weight is 402 g/mol. The van der Waals surface area contributed by atoms with Crippen LogP contribution >= 0.6 is 0 Å². The Balaban J connectivity index is 1.63. The van der Waals surface area contributed by atoms with Crippen LogP contribution in [0.15, 0.2) is 53.4 Å². The Kier molecular flexibility index (Phi) is 6.49. The molecule has 0 atom stereocenters. The van der Waals surface area contributed by atoms with E-state index >= 15 is 0 Å². The zero-order chi connectivity index (χ0) is 20.1. The molecule has 0 saturated carbocycles. The van der Waals surface area contributed by atoms with Crippen molar-refractivity contribution in [1.29, 1.82) is 0 Å². The first-order chi connectivity index (χ1) is 13.4. The summed E-state index contributed by atoms with van der Waals surface area (Å²) in [7, 11) is -3.50. The van der Waals surface area contributed by atoms with Crippen LogP contribution in [0.3, 0.4) is 0 Å². The summed E-state index contributed by atoms with van der Waals surface area (Å²) in [6.45, 7) is 7.51. The molecule has 6 nitrogen and oxygen atoms in total. The number of nitrogens with one attached hydrogen (secondary N) is 1. The van der Waals surface area contributed by atoms with Gasteiger partial charge in [0, 0.05) is 31.9 Å². The van der Waals surface area contributed by atoms with Crippen molar-refractivity contribution in [2.75, 3.05) is 38.0 Å². The first-order valence-corrected chi connectivity index (χ1v) is 11.0. The van der Waals surface area contributed by atoms with Gasteiger partial charge < -0.3 is 10.2 Å². The maximum Gasteiger partial charge on any atom is 0.243 e. The zero-order valence-corrected chi connectivity index (χ0v) is 17.2. The molecule has 0 radical (unpaired) electrons. The lowest BCUT2D eigenvalue weighted by atomic mass is 10.1. The molecule has 3 rings (SSSR count). The molecule has 0 spiro atoms. The Morgan fingerprint density at radius 1 is 1.00 bits per heavy atom. The van der Waals surface area contributed by atoms with Gasteiger partial charge in [-0.3, -0.25) is 4.79 Å². The van der Waals surface area contributed by atoms with Crippen LogP contribution in [0.1, 0.15) is 18.1 Å². The smallest absolute Gasteiger partial charge is 0.243 e. The van der Waals surface area contributed by atoms with E-state index < -0.39 is 10.0 Å². The van der Waals surface area contributed by atoms with Crippen molar-refractivity contribution < 1.29 is 13.2 Å². The maximum absolute atomic E-state index is 12.8. The lowest BCUT2D eigenvalue weighted by molar-refractivity contribution is -0.115. The highest BCUT2D eigenvalue weighted by atomic mass is 32.2. The number of hydrogen-bond acceptors (Lipinski definition) is 4. The van der Waals surface area contributed by atoms with Crippen LogP contribution in [0.2, 0.25) is 0 Å². The molecule has 2 aromatic rings. The van der Waals surface area contributed by atoms with E-state index in [9.17, 15) is 13.2 Å². The number of nitrogens with zero attached hydrogens (tertiary/aromatic N) is 2. The number of anilines is 1. The lowest BCUT2D eigenvalue weighted by Crippen LogP contribution is -2.48. The summed E-state index contributed by atoms with van der Waals surface area (Å²) in [5.41, 5.74) is 2.64. The highest BCUT2D eigenvalue weighted by molar-refractivity contribution is 7.89. The molecule has 1 saturated heterocycles. The molecule has 1 aliphatic rings. The Bertz CT molecular complexity index is 918. The van der Waals surface area contributed by atoms with Gasteiger partial charge in [-0.1, -0.05) is 31.2 Å². The topological polar surface area (TPSA) is 69.7 Å². The molecule has 1 heterocycles. The minimum atomic E-state index is -3.50. The van der Waals surface area contributed by atoms with E-state index in [2.05, 4.69) is 17.1 Å². The molecule has 1 fully saturated rings. The molecule has 2 aromatic carbocycles. The SMILES string of the molecule is CCN1CCN(S(=O)(=O)c2ccc(NC(=O)Cc3ccccc3C)cc2)CC1. The van der Waals surface area contributed by atoms with Crippen LogP contribution < -0.4 is 5.32 Å². The third-order valence-electron chi connectivity index (χ3n) is 5.17. The maximum atomic E-state index is 12.8. The van der Waals surface area contributed by atoms with Gasteiger partial charge in [0.25, 0.3) is 0 Å². The minimum absolute atomic E-state index is 0.124. The van der Waals surface area contributed by atoms with Gasteiger partial charge in [0.05, 0.1) is 11.3 Å². The number of rotatable bonds is 6. The predicted molar refractivity (Wildman–Crippen MR) is 111 cm³/mol. The summed E-state index contributed by atoms with van der Waals surface area (Å²) >= 11 is 0. The number of sulfonamides is 1. The second-order valence-electron chi connectivity index (χ2n) is 7.01. The van der Waals surface area contributed by atoms with Gasteiger partial charge in [0.2, 0.25) is 15.9 Å². The van der Waals surface area contributed by atoms with Crippen LogP contribution in [0.25, 0.3) is 0 Å². The molecule has 28 heavy (non-hydrogen) atoms. The summed E-state index contributed by atoms with van der Waals surface area (Å²) in [6.07, 6.45) is 0.286. The van der Waals surface area contributed by atoms with Crippen molar-refractivity contribution >= 4 is 21.6 Å². The van der Waals surface area contributed by atoms with Gasteiger partial charge in [0.15, 0.2) is 0 Å². The van der Waals surface area contributed by atoms with Crippen molar-refractivity contribution in [2.24, 2.45) is 0 Å². The van der Waals surface area contributed by atoms with E-state index in [4.69, 9.17) is 0 Å². The molecule has 1 N–H and O–H groups in total. The Hall–Kier alpha value is -2.22. The number of benzene rings is 2. The van der Waals surface area contributed by atoms with Gasteiger partial charge in [-0.25, -0.2) is 8.42 Å². The zero-order valence-electron chi connectivity index (χ0n) is 16.4. The van der Waals surface area contributed by atoms with Crippen LogP contribution in [-0.4, -0.2) is 56.3 Å². The van der Waals surface area contributed by atoms with Crippen LogP contribution in [0.4, 0.5) is 5.69 Å². The normalized spacial score (nSPS) is 16.1. The van der Waals surface area contributed by atoms with Gasteiger partial charge in [-0.05, 0) is 48.9 Å². The molecular formula is C21H27N3O3S. The second-order valence-corrected chi connectivity index (χ2v) is 8.95. The largest absolute Gasteiger partial charge is 0.326 e. The lowest BCUT2D eigenvalue weighted by Gasteiger charge is -2.33. The standard InChI is InChI=1S/C21H27N3O3S/c1-3-23-12-14-24(15-13-23)28(26,27)20-10-8-19(9-11-20)22-21(25)16-18-7-5-4-6-17(18)2/h4-11H,3,12-16H2,1-2H3,(H,22,25). The summed E-state index contributed by atoms with van der Waals surface area (Å²) in [6, 6.07) is 14.2. The highest BCUT2D eigenvalue weighted by Gasteiger charge is 2.27. The molecule has 1 amide bonds. The first kappa shape index (κ1) is 20.5. The number of piperazine rings is 1. The molecule has 150 valence electrons. The fraction of sp³-hybridized carbons (Fsp3) is 0.381. The fourth-order valence-electron chi connectivity index (χ4n) is 3.33. The molecule has 0 bridgehead atoms. The second kappa shape index (κ2) is 8.86. The van der Waals surface area contributed by atoms with E-state index in [0.29, 0.717) is 18.8 Å². The summed E-state index contributed by atoms with van der Waals surface area (Å²) < 4.78 is 27.2. The average Bonchev–Trinajstić information content (AvgIpc) is 2.70. The predicted octanol–water partition coefficient (Wildman–Crippen LogP) is 2.50. The van der Waals surface area contributed by atoms with Crippen LogP contribution in [-0.2, 0) is 21.2 Å². The number of aryl methyl sites for hydroxylation is 1. The van der Waals surface area contributed by atoms with E-state index in [0.717, 1.165) is 30.8 Å². The fourth-order valence-corrected chi connectivity index (χ4v) is 4.75. The number of amides is 1. The third kappa shape index (κ3) is 4.79. The van der Waals surface area contributed by atoms with Gasteiger partial charge in [-0.15, -0.1) is 0 Å². The number of carbonyl (C=O) groups excluding carboxylic acids is 1. The van der Waals surface area contributed by atoms with Crippen molar-refractivity contribution in [1.82, 2.24) is 9.21 Å². The van der Waals surface area contributed by atoms with E-state index in [1.54, 1.807) is 24.3 Å². The van der Waals surface area contributed by atoms with E-state index in [1.165, 1.54) is 4.31 Å². The molecule has 0 aromatic heterocycles. The van der Waals surface area contributed by atoms with Gasteiger partial charge in [0.1, 0.15) is 0 Å². The van der Waals surface area contributed by atoms with Gasteiger partial charge in [-0.2, -0.15) is 4.31 Å². The number of hydrogen-bond donors (Lipinski definition) is 1. The summed E-state index contributed by atoms with van der Waals surface area (Å²) in [4.78, 5) is 14.8. The quantitative estimate of drug-likeness (QED) is 0.807. The minimum Gasteiger partial charge on any atom is -0.326 e. The van der Waals surface area contributed by atoms with Crippen molar-refractivity contribution in [3.63, 3.8) is 0 Å². The van der Waals surface area contributed by atoms with Crippen molar-refractivity contribution in [2.45, 2.75) is 25.2 Å². The summed E-state index contributed by atoms with van der Waals surface area (Å²) in [5, 5.41) is 2.84. The molecule has 7 heteroatoms. The van der Waals surface area contributed by atoms with Crippen molar-refractivity contribution in [3.05, 3.63) is 59.7 Å². The monoisotopic (exact) mass is 401 g/mol. The molecular weight excluding hydrogens is 374 g/mol. The Morgan fingerprint density at radius 2 is 1.64 bits per heavy atom. The van der Waals surface area contributed by atoms with E-state index in [1.807, 2.05) is 31.2 Å². The third-order valence-corrected chi connectivity index (χ3v) is 7.08. The van der Waals surface area contributed by atoms with Crippen molar-refractivity contribution in [3.8, 4) is 0 Å². The summed E-state index contributed by atoms with van der Waals surface area (Å²) in [5.74, 6) is -0.124. The molecule has 0 unspecified atom stereocenters. The Morgan fingerprint density at radius 3 is 2.25 bits per heavy atom. The van der Waals surface area contributed by atoms with Crippen LogP contribution in [0, 0.1) is 6.92 Å². The van der Waals surface area contributed by atoms with E-state index in [-0.39, 0.29) is 17.2 Å². The number of carbonyl (C=O) groups is 1. The number of likely N-dealkylation sites (N-methyl/N-ethyl adjacent to an activating group) is 1. The van der Waals surface area contributed by atoms with Gasteiger partial charge >= 0.3 is 0 Å². The molecule has 0 aliphatic carbocycles. The first-order valence-electron chi connectivity index (χ1n) is 9.57. The Labute approximate surface area is 167 Å².